The first kappa shape index (κ1) is 18.0. The van der Waals surface area contributed by atoms with Gasteiger partial charge in [0.05, 0.1) is 37.0 Å². The highest BCUT2D eigenvalue weighted by Gasteiger charge is 2.40. The summed E-state index contributed by atoms with van der Waals surface area (Å²) >= 11 is 0. The molecule has 1 aromatic heterocycles. The van der Waals surface area contributed by atoms with Crippen molar-refractivity contribution in [2.45, 2.75) is 26.2 Å². The monoisotopic (exact) mass is 386 g/mol. The molecule has 0 spiro atoms. The van der Waals surface area contributed by atoms with Gasteiger partial charge in [0.25, 0.3) is 0 Å². The number of rotatable bonds is 3. The van der Waals surface area contributed by atoms with E-state index in [-0.39, 0.29) is 11.2 Å². The molecular formula is C24H22N2O3. The topological polar surface area (TPSA) is 75.1 Å². The van der Waals surface area contributed by atoms with Gasteiger partial charge in [-0.15, -0.1) is 0 Å². The van der Waals surface area contributed by atoms with Gasteiger partial charge in [0.2, 0.25) is 0 Å². The zero-order valence-corrected chi connectivity index (χ0v) is 16.8. The van der Waals surface area contributed by atoms with E-state index >= 15 is 0 Å². The maximum atomic E-state index is 13.4. The quantitative estimate of drug-likeness (QED) is 0.727. The van der Waals surface area contributed by atoms with Gasteiger partial charge < -0.3 is 14.5 Å². The van der Waals surface area contributed by atoms with E-state index in [4.69, 9.17) is 9.47 Å². The van der Waals surface area contributed by atoms with Gasteiger partial charge in [0.15, 0.2) is 5.78 Å². The zero-order chi connectivity index (χ0) is 20.4. The summed E-state index contributed by atoms with van der Waals surface area (Å²) in [6, 6.07) is 13.3. The van der Waals surface area contributed by atoms with Crippen LogP contribution in [-0.4, -0.2) is 30.6 Å². The van der Waals surface area contributed by atoms with Crippen LogP contribution in [0.1, 0.15) is 53.5 Å². The van der Waals surface area contributed by atoms with Crippen molar-refractivity contribution in [3.63, 3.8) is 0 Å². The van der Waals surface area contributed by atoms with Crippen LogP contribution in [-0.2, 0) is 10.2 Å². The fraction of sp³-hybridized carbons (Fsp3) is 0.333. The summed E-state index contributed by atoms with van der Waals surface area (Å²) in [6.45, 7) is 8.39. The lowest BCUT2D eigenvalue weighted by molar-refractivity contribution is -0.120. The molecule has 0 saturated carbocycles. The van der Waals surface area contributed by atoms with E-state index in [9.17, 15) is 10.1 Å². The molecule has 1 N–H and O–H groups in total. The smallest absolute Gasteiger partial charge is 0.195 e. The Morgan fingerprint density at radius 1 is 1.17 bits per heavy atom. The van der Waals surface area contributed by atoms with Crippen molar-refractivity contribution in [2.24, 2.45) is 5.41 Å². The number of ketones is 1. The highest BCUT2D eigenvalue weighted by Crippen LogP contribution is 2.44. The van der Waals surface area contributed by atoms with Crippen molar-refractivity contribution in [1.29, 1.82) is 5.26 Å². The Labute approximate surface area is 169 Å². The van der Waals surface area contributed by atoms with Gasteiger partial charge >= 0.3 is 0 Å². The maximum Gasteiger partial charge on any atom is 0.195 e. The van der Waals surface area contributed by atoms with Crippen molar-refractivity contribution < 1.29 is 14.3 Å². The van der Waals surface area contributed by atoms with Gasteiger partial charge in [-0.1, -0.05) is 26.8 Å². The Bertz CT molecular complexity index is 1210. The standard InChI is InChI=1S/C24H22N2O3/c1-23(2)18-9-15(29-13-24(3)11-28-12-24)5-7-16(18)21(27)20-17-6-4-14(10-25)8-19(17)26-22(20)23/h4-9,26H,11-13H2,1-3H3. The lowest BCUT2D eigenvalue weighted by Gasteiger charge is -2.37. The van der Waals surface area contributed by atoms with Crippen LogP contribution in [0.15, 0.2) is 36.4 Å². The molecule has 1 saturated heterocycles. The second-order valence-electron chi connectivity index (χ2n) is 9.00. The number of benzene rings is 2. The summed E-state index contributed by atoms with van der Waals surface area (Å²) in [5, 5.41) is 10.1. The predicted octanol–water partition coefficient (Wildman–Crippen LogP) is 4.33. The average Bonchev–Trinajstić information content (AvgIpc) is 3.09. The normalized spacial score (nSPS) is 18.5. The number of H-pyrrole nitrogens is 1. The molecule has 1 aliphatic heterocycles. The number of carbonyl (C=O) groups excluding carboxylic acids is 1. The molecule has 5 heteroatoms. The summed E-state index contributed by atoms with van der Waals surface area (Å²) in [5.74, 6) is 0.778. The van der Waals surface area contributed by atoms with E-state index in [1.54, 1.807) is 12.1 Å². The lowest BCUT2D eigenvalue weighted by atomic mass is 9.71. The Morgan fingerprint density at radius 2 is 1.97 bits per heavy atom. The van der Waals surface area contributed by atoms with Crippen molar-refractivity contribution in [1.82, 2.24) is 4.98 Å². The summed E-state index contributed by atoms with van der Waals surface area (Å²) in [4.78, 5) is 16.8. The minimum absolute atomic E-state index is 0.0104. The average molecular weight is 386 g/mol. The Hall–Kier alpha value is -3.10. The van der Waals surface area contributed by atoms with Crippen LogP contribution in [0, 0.1) is 16.7 Å². The Morgan fingerprint density at radius 3 is 2.66 bits per heavy atom. The number of nitrogens with one attached hydrogen (secondary N) is 1. The molecule has 0 atom stereocenters. The molecule has 2 heterocycles. The van der Waals surface area contributed by atoms with E-state index in [0.717, 1.165) is 27.9 Å². The maximum absolute atomic E-state index is 13.4. The highest BCUT2D eigenvalue weighted by molar-refractivity contribution is 6.20. The first-order chi connectivity index (χ1) is 13.8. The number of fused-ring (bicyclic) bond motifs is 4. The molecule has 5 nitrogen and oxygen atoms in total. The van der Waals surface area contributed by atoms with Crippen LogP contribution in [0.5, 0.6) is 5.75 Å². The largest absolute Gasteiger partial charge is 0.493 e. The van der Waals surface area contributed by atoms with Crippen LogP contribution in [0.3, 0.4) is 0 Å². The number of aromatic amines is 1. The molecular weight excluding hydrogens is 364 g/mol. The number of carbonyl (C=O) groups is 1. The third-order valence-corrected chi connectivity index (χ3v) is 6.18. The number of nitriles is 1. The molecule has 3 aromatic rings. The van der Waals surface area contributed by atoms with Gasteiger partial charge in [-0.3, -0.25) is 4.79 Å². The number of hydrogen-bond donors (Lipinski definition) is 1. The predicted molar refractivity (Wildman–Crippen MR) is 109 cm³/mol. The number of aromatic nitrogens is 1. The van der Waals surface area contributed by atoms with E-state index in [1.165, 1.54) is 0 Å². The molecule has 0 bridgehead atoms. The number of nitrogens with zero attached hydrogens (tertiary/aromatic N) is 1. The molecule has 0 radical (unpaired) electrons. The minimum Gasteiger partial charge on any atom is -0.493 e. The second-order valence-corrected chi connectivity index (χ2v) is 9.00. The first-order valence-corrected chi connectivity index (χ1v) is 9.78. The van der Waals surface area contributed by atoms with E-state index in [2.05, 4.69) is 31.8 Å². The Balaban J connectivity index is 1.59. The SMILES string of the molecule is CC1(COc2ccc3c(c2)C(C)(C)c2[nH]c4cc(C#N)ccc4c2C3=O)COC1. The van der Waals surface area contributed by atoms with Crippen molar-refractivity contribution in [3.05, 3.63) is 64.3 Å². The van der Waals surface area contributed by atoms with Gasteiger partial charge in [0, 0.05) is 33.0 Å². The minimum atomic E-state index is -0.396. The fourth-order valence-electron chi connectivity index (χ4n) is 4.36. The molecule has 2 aromatic carbocycles. The summed E-state index contributed by atoms with van der Waals surface area (Å²) in [5.41, 5.74) is 4.30. The van der Waals surface area contributed by atoms with Crippen LogP contribution < -0.4 is 4.74 Å². The van der Waals surface area contributed by atoms with Gasteiger partial charge in [0.1, 0.15) is 5.75 Å². The third kappa shape index (κ3) is 2.60. The second kappa shape index (κ2) is 5.95. The summed E-state index contributed by atoms with van der Waals surface area (Å²) in [6.07, 6.45) is 0. The third-order valence-electron chi connectivity index (χ3n) is 6.18. The molecule has 2 aliphatic rings. The fourth-order valence-corrected chi connectivity index (χ4v) is 4.36. The van der Waals surface area contributed by atoms with Crippen molar-refractivity contribution in [3.8, 4) is 11.8 Å². The van der Waals surface area contributed by atoms with Crippen molar-refractivity contribution in [2.75, 3.05) is 19.8 Å². The molecule has 1 fully saturated rings. The summed E-state index contributed by atoms with van der Waals surface area (Å²) < 4.78 is 11.3. The zero-order valence-electron chi connectivity index (χ0n) is 16.8. The summed E-state index contributed by atoms with van der Waals surface area (Å²) in [7, 11) is 0. The van der Waals surface area contributed by atoms with Crippen LogP contribution in [0.2, 0.25) is 0 Å². The van der Waals surface area contributed by atoms with Gasteiger partial charge in [-0.2, -0.15) is 5.26 Å². The van der Waals surface area contributed by atoms with Gasteiger partial charge in [-0.05, 0) is 35.9 Å². The first-order valence-electron chi connectivity index (χ1n) is 9.78. The molecule has 1 aliphatic carbocycles. The Kier molecular flexibility index (Phi) is 3.68. The molecule has 146 valence electrons. The van der Waals surface area contributed by atoms with Gasteiger partial charge in [-0.25, -0.2) is 0 Å². The van der Waals surface area contributed by atoms with Crippen LogP contribution in [0.25, 0.3) is 10.9 Å². The van der Waals surface area contributed by atoms with E-state index in [0.29, 0.717) is 36.5 Å². The number of ether oxygens (including phenoxy) is 2. The highest BCUT2D eigenvalue weighted by atomic mass is 16.5. The lowest BCUT2D eigenvalue weighted by Crippen LogP contribution is -2.44. The number of hydrogen-bond acceptors (Lipinski definition) is 4. The molecule has 5 rings (SSSR count). The van der Waals surface area contributed by atoms with E-state index < -0.39 is 5.41 Å². The van der Waals surface area contributed by atoms with Crippen molar-refractivity contribution >= 4 is 16.7 Å². The van der Waals surface area contributed by atoms with Crippen LogP contribution >= 0.6 is 0 Å². The van der Waals surface area contributed by atoms with Crippen LogP contribution in [0.4, 0.5) is 0 Å². The molecule has 0 unspecified atom stereocenters. The molecule has 0 amide bonds. The molecule has 29 heavy (non-hydrogen) atoms. The van der Waals surface area contributed by atoms with E-state index in [1.807, 2.05) is 24.3 Å².